The fourth-order valence-corrected chi connectivity index (χ4v) is 4.47. The number of ether oxygens (including phenoxy) is 2. The number of nitrogens with zero attached hydrogens (tertiary/aromatic N) is 2. The minimum atomic E-state index is -0.156. The highest BCUT2D eigenvalue weighted by atomic mass is 35.5. The Labute approximate surface area is 205 Å². The molecule has 34 heavy (non-hydrogen) atoms. The van der Waals surface area contributed by atoms with Gasteiger partial charge in [-0.3, -0.25) is 14.7 Å². The van der Waals surface area contributed by atoms with Crippen molar-refractivity contribution in [3.63, 3.8) is 0 Å². The quantitative estimate of drug-likeness (QED) is 0.428. The minimum absolute atomic E-state index is 0.0357. The summed E-state index contributed by atoms with van der Waals surface area (Å²) in [5.74, 6) is 0.977. The Morgan fingerprint density at radius 3 is 2.65 bits per heavy atom. The van der Waals surface area contributed by atoms with Gasteiger partial charge in [-0.05, 0) is 68.8 Å². The number of likely N-dealkylation sites (tertiary alicyclic amines) is 1. The lowest BCUT2D eigenvalue weighted by molar-refractivity contribution is 0.0937. The third-order valence-electron chi connectivity index (χ3n) is 5.92. The van der Waals surface area contributed by atoms with Gasteiger partial charge in [0.25, 0.3) is 5.91 Å². The molecular weight excluding hydrogens is 450 g/mol. The lowest BCUT2D eigenvalue weighted by atomic mass is 10.0. The first-order valence-corrected chi connectivity index (χ1v) is 12.1. The number of aromatic nitrogens is 1. The molecule has 2 aromatic carbocycles. The van der Waals surface area contributed by atoms with Crippen molar-refractivity contribution in [3.05, 3.63) is 88.7 Å². The Bertz CT molecular complexity index is 1090. The van der Waals surface area contributed by atoms with E-state index in [1.54, 1.807) is 30.6 Å². The van der Waals surface area contributed by atoms with Crippen LogP contribution in [0.15, 0.2) is 67.0 Å². The lowest BCUT2D eigenvalue weighted by Gasteiger charge is -2.29. The smallest absolute Gasteiger partial charge is 0.251 e. The number of hydrogen-bond acceptors (Lipinski definition) is 5. The highest BCUT2D eigenvalue weighted by molar-refractivity contribution is 6.31. The largest absolute Gasteiger partial charge is 0.490 e. The van der Waals surface area contributed by atoms with E-state index in [1.165, 1.54) is 0 Å². The van der Waals surface area contributed by atoms with Crippen LogP contribution in [0, 0.1) is 0 Å². The maximum absolute atomic E-state index is 13.1. The fourth-order valence-electron chi connectivity index (χ4n) is 4.21. The van der Waals surface area contributed by atoms with Crippen LogP contribution in [0.1, 0.15) is 47.3 Å². The van der Waals surface area contributed by atoms with Gasteiger partial charge in [-0.25, -0.2) is 0 Å². The molecule has 1 saturated heterocycles. The standard InChI is InChI=1S/C27H30ClN3O3/c1-2-33-26-16-21(11-12-25(26)34-19-20-8-7-13-29-17-20)27(32)30-18-24(31-14-5-6-15-31)22-9-3-4-10-23(22)28/h3-4,7-13,16-17,24H,2,5-6,14-15,18-19H2,1H3,(H,30,32). The van der Waals surface area contributed by atoms with Gasteiger partial charge in [0.15, 0.2) is 11.5 Å². The van der Waals surface area contributed by atoms with Gasteiger partial charge in [0.05, 0.1) is 12.6 Å². The van der Waals surface area contributed by atoms with Gasteiger partial charge in [-0.1, -0.05) is 35.9 Å². The van der Waals surface area contributed by atoms with Gasteiger partial charge in [0, 0.05) is 35.1 Å². The van der Waals surface area contributed by atoms with Crippen molar-refractivity contribution in [2.45, 2.75) is 32.4 Å². The predicted molar refractivity (Wildman–Crippen MR) is 134 cm³/mol. The first kappa shape index (κ1) is 24.0. The molecule has 0 aliphatic carbocycles. The molecule has 1 amide bonds. The molecule has 1 aliphatic rings. The predicted octanol–water partition coefficient (Wildman–Crippen LogP) is 5.28. The summed E-state index contributed by atoms with van der Waals surface area (Å²) >= 11 is 6.50. The normalized spacial score (nSPS) is 14.5. The molecule has 1 atom stereocenters. The molecule has 0 spiro atoms. The van der Waals surface area contributed by atoms with Gasteiger partial charge >= 0.3 is 0 Å². The second kappa shape index (κ2) is 11.9. The maximum Gasteiger partial charge on any atom is 0.251 e. The zero-order valence-electron chi connectivity index (χ0n) is 19.4. The number of nitrogens with one attached hydrogen (secondary N) is 1. The number of pyridine rings is 1. The summed E-state index contributed by atoms with van der Waals surface area (Å²) in [5.41, 5.74) is 2.52. The number of halogens is 1. The molecule has 1 aromatic heterocycles. The van der Waals surface area contributed by atoms with E-state index in [4.69, 9.17) is 21.1 Å². The van der Waals surface area contributed by atoms with Crippen LogP contribution in [0.5, 0.6) is 11.5 Å². The van der Waals surface area contributed by atoms with Crippen molar-refractivity contribution in [2.75, 3.05) is 26.2 Å². The molecule has 0 saturated carbocycles. The van der Waals surface area contributed by atoms with Crippen molar-refractivity contribution < 1.29 is 14.3 Å². The van der Waals surface area contributed by atoms with Crippen LogP contribution in [0.25, 0.3) is 0 Å². The summed E-state index contributed by atoms with van der Waals surface area (Å²) in [6.07, 6.45) is 5.81. The maximum atomic E-state index is 13.1. The van der Waals surface area contributed by atoms with E-state index in [2.05, 4.69) is 15.2 Å². The molecule has 1 N–H and O–H groups in total. The fraction of sp³-hybridized carbons (Fsp3) is 0.333. The number of carbonyl (C=O) groups is 1. The van der Waals surface area contributed by atoms with Crippen LogP contribution in [-0.4, -0.2) is 42.0 Å². The van der Waals surface area contributed by atoms with Crippen LogP contribution in [0.2, 0.25) is 5.02 Å². The number of hydrogen-bond donors (Lipinski definition) is 1. The highest BCUT2D eigenvalue weighted by Gasteiger charge is 2.26. The second-order valence-corrected chi connectivity index (χ2v) is 8.64. The van der Waals surface area contributed by atoms with E-state index in [1.807, 2.05) is 43.3 Å². The molecule has 0 bridgehead atoms. The van der Waals surface area contributed by atoms with Crippen molar-refractivity contribution in [3.8, 4) is 11.5 Å². The van der Waals surface area contributed by atoms with Crippen LogP contribution in [0.3, 0.4) is 0 Å². The summed E-state index contributed by atoms with van der Waals surface area (Å²) < 4.78 is 11.7. The summed E-state index contributed by atoms with van der Waals surface area (Å²) in [4.78, 5) is 19.6. The third kappa shape index (κ3) is 6.07. The zero-order valence-corrected chi connectivity index (χ0v) is 20.1. The van der Waals surface area contributed by atoms with E-state index < -0.39 is 0 Å². The topological polar surface area (TPSA) is 63.7 Å². The van der Waals surface area contributed by atoms with Gasteiger partial charge in [0.2, 0.25) is 0 Å². The molecule has 1 fully saturated rings. The van der Waals surface area contributed by atoms with Crippen molar-refractivity contribution in [1.29, 1.82) is 0 Å². The number of amides is 1. The van der Waals surface area contributed by atoms with E-state index in [-0.39, 0.29) is 11.9 Å². The number of rotatable bonds is 10. The first-order chi connectivity index (χ1) is 16.7. The first-order valence-electron chi connectivity index (χ1n) is 11.7. The van der Waals surface area contributed by atoms with Crippen LogP contribution < -0.4 is 14.8 Å². The summed E-state index contributed by atoms with van der Waals surface area (Å²) in [6.45, 7) is 5.23. The Balaban J connectivity index is 1.45. The molecule has 4 rings (SSSR count). The van der Waals surface area contributed by atoms with Gasteiger partial charge in [-0.15, -0.1) is 0 Å². The monoisotopic (exact) mass is 479 g/mol. The third-order valence-corrected chi connectivity index (χ3v) is 6.27. The van der Waals surface area contributed by atoms with Gasteiger partial charge < -0.3 is 14.8 Å². The van der Waals surface area contributed by atoms with Crippen molar-refractivity contribution in [2.24, 2.45) is 0 Å². The molecule has 6 nitrogen and oxygen atoms in total. The van der Waals surface area contributed by atoms with Gasteiger partial charge in [-0.2, -0.15) is 0 Å². The number of benzene rings is 2. The second-order valence-electron chi connectivity index (χ2n) is 8.23. The van der Waals surface area contributed by atoms with E-state index in [9.17, 15) is 4.79 Å². The Morgan fingerprint density at radius 2 is 1.91 bits per heavy atom. The molecule has 0 radical (unpaired) electrons. The minimum Gasteiger partial charge on any atom is -0.490 e. The lowest BCUT2D eigenvalue weighted by Crippen LogP contribution is -2.37. The average Bonchev–Trinajstić information content (AvgIpc) is 3.40. The molecule has 7 heteroatoms. The molecule has 1 aliphatic heterocycles. The van der Waals surface area contributed by atoms with E-state index >= 15 is 0 Å². The Kier molecular flexibility index (Phi) is 8.39. The van der Waals surface area contributed by atoms with E-state index in [0.29, 0.717) is 36.8 Å². The summed E-state index contributed by atoms with van der Waals surface area (Å²) in [6, 6.07) is 17.0. The Hall–Kier alpha value is -3.09. The summed E-state index contributed by atoms with van der Waals surface area (Å²) in [5, 5.41) is 3.83. The van der Waals surface area contributed by atoms with Crippen LogP contribution in [0.4, 0.5) is 0 Å². The number of carbonyl (C=O) groups excluding carboxylic acids is 1. The Morgan fingerprint density at radius 1 is 1.09 bits per heavy atom. The van der Waals surface area contributed by atoms with Crippen LogP contribution >= 0.6 is 11.6 Å². The molecule has 1 unspecified atom stereocenters. The van der Waals surface area contributed by atoms with E-state index in [0.717, 1.165) is 42.1 Å². The van der Waals surface area contributed by atoms with Crippen LogP contribution in [-0.2, 0) is 6.61 Å². The average molecular weight is 480 g/mol. The summed E-state index contributed by atoms with van der Waals surface area (Å²) in [7, 11) is 0. The molecule has 2 heterocycles. The molecular formula is C27H30ClN3O3. The van der Waals surface area contributed by atoms with Crippen molar-refractivity contribution in [1.82, 2.24) is 15.2 Å². The van der Waals surface area contributed by atoms with Crippen molar-refractivity contribution >= 4 is 17.5 Å². The highest BCUT2D eigenvalue weighted by Crippen LogP contribution is 2.31. The SMILES string of the molecule is CCOc1cc(C(=O)NCC(c2ccccc2Cl)N2CCCC2)ccc1OCc1cccnc1. The zero-order chi connectivity index (χ0) is 23.8. The van der Waals surface area contributed by atoms with Gasteiger partial charge in [0.1, 0.15) is 6.61 Å². The molecule has 178 valence electrons. The molecule has 3 aromatic rings.